The Hall–Kier alpha value is -2.95. The average Bonchev–Trinajstić information content (AvgIpc) is 3.04. The second kappa shape index (κ2) is 6.44. The molecule has 0 saturated heterocycles. The molecule has 0 radical (unpaired) electrons. The molecule has 0 aliphatic rings. The average molecular weight is 306 g/mol. The van der Waals surface area contributed by atoms with E-state index in [4.69, 9.17) is 0 Å². The standard InChI is InChI=1S/C18H18N4O/c1-3-22-12-19-21-17(22)14-8-6-9-15(11-14)20-18(23)16-10-5-4-7-13(16)2/h4-12H,3H2,1-2H3,(H,20,23). The van der Waals surface area contributed by atoms with Crippen molar-refractivity contribution in [3.8, 4) is 11.4 Å². The number of rotatable bonds is 4. The number of anilines is 1. The third kappa shape index (κ3) is 3.13. The summed E-state index contributed by atoms with van der Waals surface area (Å²) in [6.07, 6.45) is 1.70. The SMILES string of the molecule is CCn1cnnc1-c1cccc(NC(=O)c2ccccc2C)c1. The van der Waals surface area contributed by atoms with Crippen molar-refractivity contribution in [3.63, 3.8) is 0 Å². The van der Waals surface area contributed by atoms with Crippen LogP contribution in [0.3, 0.4) is 0 Å². The molecule has 1 aromatic heterocycles. The van der Waals surface area contributed by atoms with E-state index in [1.807, 2.05) is 66.9 Å². The molecule has 0 atom stereocenters. The Morgan fingerprint density at radius 2 is 2.00 bits per heavy atom. The number of amides is 1. The van der Waals surface area contributed by atoms with E-state index >= 15 is 0 Å². The fourth-order valence-corrected chi connectivity index (χ4v) is 2.47. The number of aryl methyl sites for hydroxylation is 2. The van der Waals surface area contributed by atoms with Gasteiger partial charge in [0.25, 0.3) is 5.91 Å². The van der Waals surface area contributed by atoms with Crippen molar-refractivity contribution in [2.24, 2.45) is 0 Å². The van der Waals surface area contributed by atoms with Crippen LogP contribution in [0.25, 0.3) is 11.4 Å². The van der Waals surface area contributed by atoms with Crippen LogP contribution in [0.2, 0.25) is 0 Å². The molecule has 5 nitrogen and oxygen atoms in total. The van der Waals surface area contributed by atoms with Crippen LogP contribution in [0.4, 0.5) is 5.69 Å². The molecule has 0 unspecified atom stereocenters. The van der Waals surface area contributed by atoms with Gasteiger partial charge >= 0.3 is 0 Å². The first kappa shape index (κ1) is 15.0. The highest BCUT2D eigenvalue weighted by atomic mass is 16.1. The molecule has 5 heteroatoms. The molecule has 0 bridgehead atoms. The van der Waals surface area contributed by atoms with Crippen LogP contribution in [-0.4, -0.2) is 20.7 Å². The molecule has 2 aromatic carbocycles. The summed E-state index contributed by atoms with van der Waals surface area (Å²) in [7, 11) is 0. The monoisotopic (exact) mass is 306 g/mol. The van der Waals surface area contributed by atoms with Gasteiger partial charge in [-0.25, -0.2) is 0 Å². The first-order valence-electron chi connectivity index (χ1n) is 7.54. The van der Waals surface area contributed by atoms with E-state index in [0.29, 0.717) is 5.56 Å². The van der Waals surface area contributed by atoms with E-state index in [-0.39, 0.29) is 5.91 Å². The van der Waals surface area contributed by atoms with Crippen LogP contribution in [0.15, 0.2) is 54.9 Å². The lowest BCUT2D eigenvalue weighted by Gasteiger charge is -2.09. The summed E-state index contributed by atoms with van der Waals surface area (Å²) < 4.78 is 1.96. The van der Waals surface area contributed by atoms with Crippen molar-refractivity contribution in [1.82, 2.24) is 14.8 Å². The highest BCUT2D eigenvalue weighted by molar-refractivity contribution is 6.05. The van der Waals surface area contributed by atoms with Gasteiger partial charge in [0.05, 0.1) is 0 Å². The van der Waals surface area contributed by atoms with Crippen molar-refractivity contribution in [3.05, 3.63) is 66.0 Å². The van der Waals surface area contributed by atoms with Crippen molar-refractivity contribution in [1.29, 1.82) is 0 Å². The normalized spacial score (nSPS) is 10.5. The molecule has 116 valence electrons. The number of hydrogen-bond donors (Lipinski definition) is 1. The molecule has 23 heavy (non-hydrogen) atoms. The number of carbonyl (C=O) groups excluding carboxylic acids is 1. The Morgan fingerprint density at radius 1 is 1.17 bits per heavy atom. The van der Waals surface area contributed by atoms with Crippen molar-refractivity contribution in [2.75, 3.05) is 5.32 Å². The summed E-state index contributed by atoms with van der Waals surface area (Å²) in [5, 5.41) is 11.0. The Labute approximate surface area is 135 Å². The molecule has 3 rings (SSSR count). The second-order valence-electron chi connectivity index (χ2n) is 5.29. The summed E-state index contributed by atoms with van der Waals surface area (Å²) in [6.45, 7) is 4.76. The molecule has 0 aliphatic heterocycles. The van der Waals surface area contributed by atoms with Gasteiger partial charge in [-0.05, 0) is 37.6 Å². The summed E-state index contributed by atoms with van der Waals surface area (Å²) in [6, 6.07) is 15.2. The highest BCUT2D eigenvalue weighted by Gasteiger charge is 2.10. The molecule has 1 heterocycles. The maximum absolute atomic E-state index is 12.4. The summed E-state index contributed by atoms with van der Waals surface area (Å²) in [5.41, 5.74) is 3.29. The molecular formula is C18H18N4O. The number of carbonyl (C=O) groups is 1. The minimum absolute atomic E-state index is 0.114. The van der Waals surface area contributed by atoms with Gasteiger partial charge in [-0.15, -0.1) is 10.2 Å². The zero-order valence-corrected chi connectivity index (χ0v) is 13.2. The Kier molecular flexibility index (Phi) is 4.19. The predicted molar refractivity (Wildman–Crippen MR) is 90.3 cm³/mol. The number of benzene rings is 2. The lowest BCUT2D eigenvalue weighted by molar-refractivity contribution is 0.102. The quantitative estimate of drug-likeness (QED) is 0.802. The topological polar surface area (TPSA) is 59.8 Å². The van der Waals surface area contributed by atoms with Gasteiger partial charge in [0.2, 0.25) is 0 Å². The number of hydrogen-bond acceptors (Lipinski definition) is 3. The van der Waals surface area contributed by atoms with Gasteiger partial charge in [-0.2, -0.15) is 0 Å². The van der Waals surface area contributed by atoms with Crippen molar-refractivity contribution in [2.45, 2.75) is 20.4 Å². The van der Waals surface area contributed by atoms with Crippen molar-refractivity contribution >= 4 is 11.6 Å². The minimum atomic E-state index is -0.114. The smallest absolute Gasteiger partial charge is 0.255 e. The first-order chi connectivity index (χ1) is 11.2. The van der Waals surface area contributed by atoms with Crippen molar-refractivity contribution < 1.29 is 4.79 Å². The van der Waals surface area contributed by atoms with Gasteiger partial charge < -0.3 is 9.88 Å². The fourth-order valence-electron chi connectivity index (χ4n) is 2.47. The van der Waals surface area contributed by atoms with Crippen LogP contribution in [0, 0.1) is 6.92 Å². The zero-order chi connectivity index (χ0) is 16.2. The molecule has 0 aliphatic carbocycles. The Morgan fingerprint density at radius 3 is 2.78 bits per heavy atom. The first-order valence-corrected chi connectivity index (χ1v) is 7.54. The summed E-state index contributed by atoms with van der Waals surface area (Å²) >= 11 is 0. The van der Waals surface area contributed by atoms with Crippen LogP contribution in [-0.2, 0) is 6.54 Å². The lowest BCUT2D eigenvalue weighted by atomic mass is 10.1. The van der Waals surface area contributed by atoms with E-state index in [9.17, 15) is 4.79 Å². The van der Waals surface area contributed by atoms with Gasteiger partial charge in [0.1, 0.15) is 6.33 Å². The molecule has 1 N–H and O–H groups in total. The minimum Gasteiger partial charge on any atom is -0.322 e. The van der Waals surface area contributed by atoms with E-state index in [1.54, 1.807) is 6.33 Å². The maximum Gasteiger partial charge on any atom is 0.255 e. The largest absolute Gasteiger partial charge is 0.322 e. The molecule has 0 fully saturated rings. The molecular weight excluding hydrogens is 288 g/mol. The number of nitrogens with one attached hydrogen (secondary N) is 1. The number of nitrogens with zero attached hydrogens (tertiary/aromatic N) is 3. The molecule has 0 spiro atoms. The Bertz CT molecular complexity index is 838. The van der Waals surface area contributed by atoms with Gasteiger partial charge in [0, 0.05) is 23.4 Å². The molecule has 0 saturated carbocycles. The number of aromatic nitrogens is 3. The highest BCUT2D eigenvalue weighted by Crippen LogP contribution is 2.21. The van der Waals surface area contributed by atoms with E-state index in [1.165, 1.54) is 0 Å². The molecule has 1 amide bonds. The zero-order valence-electron chi connectivity index (χ0n) is 13.2. The van der Waals surface area contributed by atoms with Gasteiger partial charge in [0.15, 0.2) is 5.82 Å². The van der Waals surface area contributed by atoms with Crippen LogP contribution < -0.4 is 5.32 Å². The van der Waals surface area contributed by atoms with E-state index in [0.717, 1.165) is 29.2 Å². The predicted octanol–water partition coefficient (Wildman–Crippen LogP) is 3.53. The van der Waals surface area contributed by atoms with Gasteiger partial charge in [-0.3, -0.25) is 4.79 Å². The van der Waals surface area contributed by atoms with Gasteiger partial charge in [-0.1, -0.05) is 30.3 Å². The molecule has 3 aromatic rings. The lowest BCUT2D eigenvalue weighted by Crippen LogP contribution is -2.13. The maximum atomic E-state index is 12.4. The Balaban J connectivity index is 1.86. The van der Waals surface area contributed by atoms with Crippen LogP contribution in [0.5, 0.6) is 0 Å². The fraction of sp³-hybridized carbons (Fsp3) is 0.167. The third-order valence-electron chi connectivity index (χ3n) is 3.72. The van der Waals surface area contributed by atoms with E-state index < -0.39 is 0 Å². The van der Waals surface area contributed by atoms with Crippen LogP contribution >= 0.6 is 0 Å². The summed E-state index contributed by atoms with van der Waals surface area (Å²) in [4.78, 5) is 12.4. The van der Waals surface area contributed by atoms with Crippen LogP contribution in [0.1, 0.15) is 22.8 Å². The van der Waals surface area contributed by atoms with E-state index in [2.05, 4.69) is 15.5 Å². The second-order valence-corrected chi connectivity index (χ2v) is 5.29. The third-order valence-corrected chi connectivity index (χ3v) is 3.72. The summed E-state index contributed by atoms with van der Waals surface area (Å²) in [5.74, 6) is 0.677.